The number of hydrogen-bond donors (Lipinski definition) is 1. The Kier molecular flexibility index (Phi) is 6.66. The van der Waals surface area contributed by atoms with Crippen molar-refractivity contribution in [2.24, 2.45) is 0 Å². The predicted octanol–water partition coefficient (Wildman–Crippen LogP) is 4.65. The zero-order valence-corrected chi connectivity index (χ0v) is 16.1. The highest BCUT2D eigenvalue weighted by molar-refractivity contribution is 7.98. The van der Waals surface area contributed by atoms with Gasteiger partial charge in [-0.3, -0.25) is 4.79 Å². The molecule has 0 bridgehead atoms. The lowest BCUT2D eigenvalue weighted by molar-refractivity contribution is -0.122. The SMILES string of the molecule is CC(Oc1cccc(C#N)c1)C(=O)Nc1cccc(CSc2ccccn2)c1. The second-order valence-electron chi connectivity index (χ2n) is 6.05. The summed E-state index contributed by atoms with van der Waals surface area (Å²) in [5.41, 5.74) is 2.29. The molecular weight excluding hydrogens is 370 g/mol. The minimum atomic E-state index is -0.694. The van der Waals surface area contributed by atoms with Crippen molar-refractivity contribution in [1.29, 1.82) is 5.26 Å². The van der Waals surface area contributed by atoms with Gasteiger partial charge >= 0.3 is 0 Å². The molecule has 2 aromatic carbocycles. The fourth-order valence-corrected chi connectivity index (χ4v) is 3.27. The Morgan fingerprint density at radius 1 is 1.18 bits per heavy atom. The largest absolute Gasteiger partial charge is 0.481 e. The smallest absolute Gasteiger partial charge is 0.265 e. The molecule has 0 spiro atoms. The second kappa shape index (κ2) is 9.58. The van der Waals surface area contributed by atoms with E-state index in [0.29, 0.717) is 17.0 Å². The monoisotopic (exact) mass is 389 g/mol. The van der Waals surface area contributed by atoms with Crippen molar-refractivity contribution in [3.05, 3.63) is 84.1 Å². The van der Waals surface area contributed by atoms with Crippen LogP contribution in [-0.2, 0) is 10.5 Å². The lowest BCUT2D eigenvalue weighted by atomic mass is 10.2. The Hall–Kier alpha value is -3.30. The summed E-state index contributed by atoms with van der Waals surface area (Å²) in [6.45, 7) is 1.68. The molecule has 140 valence electrons. The first-order valence-electron chi connectivity index (χ1n) is 8.74. The Balaban J connectivity index is 1.58. The van der Waals surface area contributed by atoms with Crippen LogP contribution >= 0.6 is 11.8 Å². The number of nitrogens with zero attached hydrogens (tertiary/aromatic N) is 2. The van der Waals surface area contributed by atoms with Crippen LogP contribution in [0.5, 0.6) is 5.75 Å². The van der Waals surface area contributed by atoms with Crippen molar-refractivity contribution in [2.45, 2.75) is 23.8 Å². The zero-order chi connectivity index (χ0) is 19.8. The minimum absolute atomic E-state index is 0.253. The van der Waals surface area contributed by atoms with Gasteiger partial charge in [0.05, 0.1) is 16.7 Å². The number of carbonyl (C=O) groups excluding carboxylic acids is 1. The number of rotatable bonds is 7. The molecule has 1 heterocycles. The van der Waals surface area contributed by atoms with Crippen molar-refractivity contribution in [1.82, 2.24) is 4.98 Å². The molecule has 0 fully saturated rings. The van der Waals surface area contributed by atoms with Crippen LogP contribution in [0.3, 0.4) is 0 Å². The van der Waals surface area contributed by atoms with E-state index in [4.69, 9.17) is 10.00 Å². The van der Waals surface area contributed by atoms with Gasteiger partial charge in [-0.25, -0.2) is 4.98 Å². The molecule has 1 N–H and O–H groups in total. The molecule has 3 aromatic rings. The maximum Gasteiger partial charge on any atom is 0.265 e. The van der Waals surface area contributed by atoms with Crippen molar-refractivity contribution < 1.29 is 9.53 Å². The van der Waals surface area contributed by atoms with Crippen LogP contribution in [0, 0.1) is 11.3 Å². The van der Waals surface area contributed by atoms with Gasteiger partial charge in [-0.05, 0) is 55.0 Å². The van der Waals surface area contributed by atoms with Gasteiger partial charge in [0.15, 0.2) is 6.10 Å². The maximum absolute atomic E-state index is 12.4. The highest BCUT2D eigenvalue weighted by Crippen LogP contribution is 2.22. The number of hydrogen-bond acceptors (Lipinski definition) is 5. The number of thioether (sulfide) groups is 1. The Labute approximate surface area is 168 Å². The first kappa shape index (κ1) is 19.5. The van der Waals surface area contributed by atoms with E-state index in [-0.39, 0.29) is 5.91 Å². The summed E-state index contributed by atoms with van der Waals surface area (Å²) < 4.78 is 5.65. The van der Waals surface area contributed by atoms with Gasteiger partial charge in [0.1, 0.15) is 5.75 Å². The third-order valence-corrected chi connectivity index (χ3v) is 4.88. The Morgan fingerprint density at radius 3 is 2.82 bits per heavy atom. The molecule has 5 nitrogen and oxygen atoms in total. The van der Waals surface area contributed by atoms with Gasteiger partial charge < -0.3 is 10.1 Å². The highest BCUT2D eigenvalue weighted by Gasteiger charge is 2.15. The molecule has 0 aliphatic rings. The molecule has 1 unspecified atom stereocenters. The maximum atomic E-state index is 12.4. The van der Waals surface area contributed by atoms with Gasteiger partial charge in [0.2, 0.25) is 0 Å². The fraction of sp³-hybridized carbons (Fsp3) is 0.136. The third-order valence-electron chi connectivity index (χ3n) is 3.86. The van der Waals surface area contributed by atoms with Crippen LogP contribution in [0.4, 0.5) is 5.69 Å². The molecule has 1 amide bonds. The average molecular weight is 389 g/mol. The van der Waals surface area contributed by atoms with E-state index in [9.17, 15) is 4.79 Å². The normalized spacial score (nSPS) is 11.3. The van der Waals surface area contributed by atoms with Gasteiger partial charge in [-0.2, -0.15) is 5.26 Å². The third kappa shape index (κ3) is 5.60. The van der Waals surface area contributed by atoms with E-state index in [0.717, 1.165) is 16.3 Å². The number of ether oxygens (including phenoxy) is 1. The van der Waals surface area contributed by atoms with E-state index in [2.05, 4.69) is 16.4 Å². The molecule has 0 radical (unpaired) electrons. The standard InChI is InChI=1S/C22H19N3O2S/c1-16(27-20-9-5-6-17(13-20)14-23)22(26)25-19-8-4-7-18(12-19)15-28-21-10-2-3-11-24-21/h2-13,16H,15H2,1H3,(H,25,26). The number of aromatic nitrogens is 1. The van der Waals surface area contributed by atoms with Gasteiger partial charge in [-0.1, -0.05) is 24.3 Å². The van der Waals surface area contributed by atoms with Crippen molar-refractivity contribution in [3.8, 4) is 11.8 Å². The van der Waals surface area contributed by atoms with E-state index in [1.165, 1.54) is 0 Å². The zero-order valence-electron chi connectivity index (χ0n) is 15.3. The average Bonchev–Trinajstić information content (AvgIpc) is 2.73. The Bertz CT molecular complexity index is 986. The van der Waals surface area contributed by atoms with E-state index >= 15 is 0 Å². The van der Waals surface area contributed by atoms with Crippen molar-refractivity contribution in [2.75, 3.05) is 5.32 Å². The number of pyridine rings is 1. The predicted molar refractivity (Wildman–Crippen MR) is 110 cm³/mol. The van der Waals surface area contributed by atoms with E-state index in [1.54, 1.807) is 49.1 Å². The number of amides is 1. The molecule has 6 heteroatoms. The summed E-state index contributed by atoms with van der Waals surface area (Å²) in [7, 11) is 0. The molecule has 0 aliphatic carbocycles. The summed E-state index contributed by atoms with van der Waals surface area (Å²) in [6.07, 6.45) is 1.08. The van der Waals surface area contributed by atoms with Gasteiger partial charge in [-0.15, -0.1) is 11.8 Å². The second-order valence-corrected chi connectivity index (χ2v) is 7.04. The summed E-state index contributed by atoms with van der Waals surface area (Å²) in [5, 5.41) is 12.8. The number of benzene rings is 2. The van der Waals surface area contributed by atoms with Gasteiger partial charge in [0.25, 0.3) is 5.91 Å². The van der Waals surface area contributed by atoms with Gasteiger partial charge in [0, 0.05) is 17.6 Å². The molecule has 3 rings (SSSR count). The van der Waals surface area contributed by atoms with Crippen LogP contribution in [0.25, 0.3) is 0 Å². The molecular formula is C22H19N3O2S. The minimum Gasteiger partial charge on any atom is -0.481 e. The molecule has 28 heavy (non-hydrogen) atoms. The summed E-state index contributed by atoms with van der Waals surface area (Å²) in [4.78, 5) is 16.7. The van der Waals surface area contributed by atoms with Crippen LogP contribution in [0.15, 0.2) is 78.0 Å². The molecule has 0 saturated heterocycles. The quantitative estimate of drug-likeness (QED) is 0.595. The molecule has 0 saturated carbocycles. The molecule has 1 atom stereocenters. The van der Waals surface area contributed by atoms with Crippen LogP contribution in [-0.4, -0.2) is 17.0 Å². The topological polar surface area (TPSA) is 75.0 Å². The fourth-order valence-electron chi connectivity index (χ4n) is 2.47. The lowest BCUT2D eigenvalue weighted by Gasteiger charge is -2.15. The number of anilines is 1. The Morgan fingerprint density at radius 2 is 2.04 bits per heavy atom. The van der Waals surface area contributed by atoms with Crippen molar-refractivity contribution >= 4 is 23.4 Å². The highest BCUT2D eigenvalue weighted by atomic mass is 32.2. The lowest BCUT2D eigenvalue weighted by Crippen LogP contribution is -2.30. The number of nitrogens with one attached hydrogen (secondary N) is 1. The van der Waals surface area contributed by atoms with Crippen LogP contribution in [0.1, 0.15) is 18.1 Å². The van der Waals surface area contributed by atoms with Crippen LogP contribution < -0.4 is 10.1 Å². The number of nitriles is 1. The summed E-state index contributed by atoms with van der Waals surface area (Å²) >= 11 is 1.64. The molecule has 1 aromatic heterocycles. The summed E-state index contributed by atoms with van der Waals surface area (Å²) in [6, 6.07) is 22.3. The first-order chi connectivity index (χ1) is 13.6. The van der Waals surface area contributed by atoms with E-state index in [1.807, 2.05) is 42.5 Å². The van der Waals surface area contributed by atoms with Crippen LogP contribution in [0.2, 0.25) is 0 Å². The first-order valence-corrected chi connectivity index (χ1v) is 9.73. The van der Waals surface area contributed by atoms with Crippen molar-refractivity contribution in [3.63, 3.8) is 0 Å². The van der Waals surface area contributed by atoms with E-state index < -0.39 is 6.10 Å². The number of carbonyl (C=O) groups is 1. The summed E-state index contributed by atoms with van der Waals surface area (Å²) in [5.74, 6) is 0.993. The molecule has 0 aliphatic heterocycles.